The van der Waals surface area contributed by atoms with Crippen molar-refractivity contribution >= 4 is 5.97 Å². The molecule has 0 aliphatic rings. The summed E-state index contributed by atoms with van der Waals surface area (Å²) in [5, 5.41) is 0. The van der Waals surface area contributed by atoms with E-state index in [2.05, 4.69) is 0 Å². The van der Waals surface area contributed by atoms with Gasteiger partial charge in [-0.15, -0.1) is 0 Å². The SMILES string of the molecule is CCOC(=O)C[n+]1ccccc1OCC.[Cl-]. The van der Waals surface area contributed by atoms with Gasteiger partial charge in [-0.3, -0.25) is 0 Å². The van der Waals surface area contributed by atoms with Crippen LogP contribution in [0.1, 0.15) is 13.8 Å². The van der Waals surface area contributed by atoms with Crippen molar-refractivity contribution < 1.29 is 31.2 Å². The number of pyridine rings is 1. The van der Waals surface area contributed by atoms with Gasteiger partial charge >= 0.3 is 11.8 Å². The van der Waals surface area contributed by atoms with Crippen LogP contribution in [0.5, 0.6) is 5.88 Å². The second kappa shape index (κ2) is 7.93. The molecule has 0 unspecified atom stereocenters. The summed E-state index contributed by atoms with van der Waals surface area (Å²) in [6.07, 6.45) is 1.79. The summed E-state index contributed by atoms with van der Waals surface area (Å²) >= 11 is 0. The zero-order chi connectivity index (χ0) is 11.1. The predicted molar refractivity (Wildman–Crippen MR) is 54.4 cm³/mol. The first-order valence-corrected chi connectivity index (χ1v) is 5.04. The second-order valence-electron chi connectivity index (χ2n) is 2.90. The van der Waals surface area contributed by atoms with Crippen molar-refractivity contribution in [3.63, 3.8) is 0 Å². The molecule has 0 atom stereocenters. The Labute approximate surface area is 102 Å². The number of halogens is 1. The molecule has 4 nitrogen and oxygen atoms in total. The van der Waals surface area contributed by atoms with Crippen LogP contribution in [0.3, 0.4) is 0 Å². The van der Waals surface area contributed by atoms with Gasteiger partial charge in [0, 0.05) is 6.07 Å². The Kier molecular flexibility index (Phi) is 7.29. The second-order valence-corrected chi connectivity index (χ2v) is 2.90. The molecule has 0 aliphatic carbocycles. The molecule has 16 heavy (non-hydrogen) atoms. The Morgan fingerprint density at radius 2 is 2.06 bits per heavy atom. The highest BCUT2D eigenvalue weighted by atomic mass is 35.5. The van der Waals surface area contributed by atoms with E-state index in [9.17, 15) is 4.79 Å². The normalized spacial score (nSPS) is 9.12. The third kappa shape index (κ3) is 4.49. The molecule has 0 saturated heterocycles. The summed E-state index contributed by atoms with van der Waals surface area (Å²) in [5.41, 5.74) is 0. The fourth-order valence-corrected chi connectivity index (χ4v) is 1.22. The van der Waals surface area contributed by atoms with Crippen molar-refractivity contribution in [1.29, 1.82) is 0 Å². The van der Waals surface area contributed by atoms with Crippen LogP contribution in [0.2, 0.25) is 0 Å². The molecule has 0 saturated carbocycles. The van der Waals surface area contributed by atoms with Gasteiger partial charge in [0.2, 0.25) is 6.54 Å². The molecule has 1 rings (SSSR count). The number of esters is 1. The number of hydrogen-bond donors (Lipinski definition) is 0. The van der Waals surface area contributed by atoms with Crippen LogP contribution < -0.4 is 21.7 Å². The number of hydrogen-bond acceptors (Lipinski definition) is 3. The highest BCUT2D eigenvalue weighted by molar-refractivity contribution is 5.67. The zero-order valence-electron chi connectivity index (χ0n) is 9.48. The van der Waals surface area contributed by atoms with Gasteiger partial charge in [0.05, 0.1) is 19.3 Å². The highest BCUT2D eigenvalue weighted by Gasteiger charge is 2.15. The van der Waals surface area contributed by atoms with Gasteiger partial charge in [0.1, 0.15) is 0 Å². The molecule has 1 aromatic heterocycles. The van der Waals surface area contributed by atoms with Crippen molar-refractivity contribution in [3.8, 4) is 5.88 Å². The summed E-state index contributed by atoms with van der Waals surface area (Å²) in [5.74, 6) is 0.419. The third-order valence-corrected chi connectivity index (χ3v) is 1.80. The fraction of sp³-hybridized carbons (Fsp3) is 0.455. The van der Waals surface area contributed by atoms with E-state index in [1.54, 1.807) is 17.7 Å². The van der Waals surface area contributed by atoms with E-state index in [0.717, 1.165) is 0 Å². The first kappa shape index (κ1) is 14.7. The molecule has 0 bridgehead atoms. The molecule has 0 aromatic carbocycles. The van der Waals surface area contributed by atoms with Gasteiger partial charge in [-0.2, -0.15) is 4.57 Å². The Morgan fingerprint density at radius 3 is 2.69 bits per heavy atom. The Morgan fingerprint density at radius 1 is 1.31 bits per heavy atom. The van der Waals surface area contributed by atoms with E-state index < -0.39 is 0 Å². The standard InChI is InChI=1S/C11H16NO3.ClH/c1-3-14-10-7-5-6-8-12(10)9-11(13)15-4-2;/h5-8H,3-4,9H2,1-2H3;1H/q+1;/p-1. The number of ether oxygens (including phenoxy) is 2. The van der Waals surface area contributed by atoms with Crippen LogP contribution in [0, 0.1) is 0 Å². The smallest absolute Gasteiger partial charge is 0.372 e. The molecule has 90 valence electrons. The van der Waals surface area contributed by atoms with E-state index >= 15 is 0 Å². The maximum absolute atomic E-state index is 11.3. The molecule has 0 amide bonds. The molecule has 0 N–H and O–H groups in total. The fourth-order valence-electron chi connectivity index (χ4n) is 1.22. The van der Waals surface area contributed by atoms with Gasteiger partial charge in [0.25, 0.3) is 0 Å². The largest absolute Gasteiger partial charge is 1.00 e. The third-order valence-electron chi connectivity index (χ3n) is 1.80. The number of rotatable bonds is 5. The predicted octanol–water partition coefficient (Wildman–Crippen LogP) is -2.06. The van der Waals surface area contributed by atoms with Gasteiger partial charge < -0.3 is 21.9 Å². The number of nitrogens with zero attached hydrogens (tertiary/aromatic N) is 1. The zero-order valence-corrected chi connectivity index (χ0v) is 10.2. The summed E-state index contributed by atoms with van der Waals surface area (Å²) in [6.45, 7) is 4.85. The summed E-state index contributed by atoms with van der Waals surface area (Å²) in [7, 11) is 0. The molecule has 0 radical (unpaired) electrons. The van der Waals surface area contributed by atoms with E-state index in [0.29, 0.717) is 19.1 Å². The van der Waals surface area contributed by atoms with E-state index in [1.165, 1.54) is 0 Å². The lowest BCUT2D eigenvalue weighted by Crippen LogP contribution is -3.00. The van der Waals surface area contributed by atoms with Gasteiger partial charge in [-0.1, -0.05) is 0 Å². The van der Waals surface area contributed by atoms with Crippen molar-refractivity contribution in [2.45, 2.75) is 20.4 Å². The lowest BCUT2D eigenvalue weighted by atomic mass is 10.4. The lowest BCUT2D eigenvalue weighted by molar-refractivity contribution is -0.691. The molecule has 5 heteroatoms. The Balaban J connectivity index is 0.00000225. The highest BCUT2D eigenvalue weighted by Crippen LogP contribution is 2.01. The van der Waals surface area contributed by atoms with Crippen LogP contribution in [0.4, 0.5) is 0 Å². The Hall–Kier alpha value is -1.29. The molecule has 0 aliphatic heterocycles. The molecular formula is C11H16ClNO3. The minimum absolute atomic E-state index is 0. The molecule has 1 aromatic rings. The van der Waals surface area contributed by atoms with Crippen molar-refractivity contribution in [2.75, 3.05) is 13.2 Å². The van der Waals surface area contributed by atoms with E-state index in [-0.39, 0.29) is 24.9 Å². The molecule has 0 fully saturated rings. The van der Waals surface area contributed by atoms with Crippen LogP contribution in [0.15, 0.2) is 24.4 Å². The maximum Gasteiger partial charge on any atom is 0.372 e. The average molecular weight is 246 g/mol. The first-order valence-electron chi connectivity index (χ1n) is 5.04. The van der Waals surface area contributed by atoms with Gasteiger partial charge in [-0.05, 0) is 19.9 Å². The summed E-state index contributed by atoms with van der Waals surface area (Å²) in [6, 6.07) is 5.54. The van der Waals surface area contributed by atoms with E-state index in [1.807, 2.05) is 25.1 Å². The molecule has 1 heterocycles. The Bertz CT molecular complexity index is 331. The number of aromatic nitrogens is 1. The van der Waals surface area contributed by atoms with Gasteiger partial charge in [-0.25, -0.2) is 4.79 Å². The molecule has 0 spiro atoms. The topological polar surface area (TPSA) is 39.4 Å². The molecular weight excluding hydrogens is 230 g/mol. The van der Waals surface area contributed by atoms with Crippen LogP contribution in [-0.4, -0.2) is 19.2 Å². The average Bonchev–Trinajstić information content (AvgIpc) is 2.21. The quantitative estimate of drug-likeness (QED) is 0.443. The van der Waals surface area contributed by atoms with Gasteiger partial charge in [0.15, 0.2) is 6.20 Å². The van der Waals surface area contributed by atoms with E-state index in [4.69, 9.17) is 9.47 Å². The number of carbonyl (C=O) groups is 1. The lowest BCUT2D eigenvalue weighted by Gasteiger charge is -2.03. The van der Waals surface area contributed by atoms with Crippen molar-refractivity contribution in [1.82, 2.24) is 0 Å². The van der Waals surface area contributed by atoms with Crippen molar-refractivity contribution in [2.24, 2.45) is 0 Å². The number of carbonyl (C=O) groups excluding carboxylic acids is 1. The minimum atomic E-state index is -0.255. The summed E-state index contributed by atoms with van der Waals surface area (Å²) in [4.78, 5) is 11.3. The van der Waals surface area contributed by atoms with Crippen molar-refractivity contribution in [3.05, 3.63) is 24.4 Å². The van der Waals surface area contributed by atoms with Crippen LogP contribution in [0.25, 0.3) is 0 Å². The van der Waals surface area contributed by atoms with Crippen LogP contribution in [-0.2, 0) is 16.1 Å². The first-order chi connectivity index (χ1) is 7.27. The summed E-state index contributed by atoms with van der Waals surface area (Å²) < 4.78 is 12.0. The van der Waals surface area contributed by atoms with Crippen LogP contribution >= 0.6 is 0 Å². The maximum atomic E-state index is 11.3. The monoisotopic (exact) mass is 245 g/mol. The minimum Gasteiger partial charge on any atom is -1.00 e.